The lowest BCUT2D eigenvalue weighted by molar-refractivity contribution is -0.140. The fourth-order valence-corrected chi connectivity index (χ4v) is 6.11. The Morgan fingerprint density at radius 1 is 1.18 bits per heavy atom. The number of rotatable bonds is 3. The highest BCUT2D eigenvalue weighted by Gasteiger charge is 2.65. The highest BCUT2D eigenvalue weighted by atomic mass is 16.2. The van der Waals surface area contributed by atoms with Crippen LogP contribution in [0.5, 0.6) is 0 Å². The quantitative estimate of drug-likeness (QED) is 0.731. The molecule has 4 N–H and O–H groups in total. The number of nitrogens with zero attached hydrogens (tertiary/aromatic N) is 1. The molecule has 3 atom stereocenters. The molecule has 1 aliphatic carbocycles. The average molecular weight is 382 g/mol. The van der Waals surface area contributed by atoms with Gasteiger partial charge in [0.05, 0.1) is 5.92 Å². The number of carbonyl (C=O) groups is 3. The Kier molecular flexibility index (Phi) is 3.81. The van der Waals surface area contributed by atoms with Crippen LogP contribution in [0, 0.1) is 5.92 Å². The summed E-state index contributed by atoms with van der Waals surface area (Å²) in [7, 11) is 0. The maximum Gasteiger partial charge on any atom is 0.250 e. The number of hydrogen-bond donors (Lipinski definition) is 3. The summed E-state index contributed by atoms with van der Waals surface area (Å²) in [5.41, 5.74) is 5.38. The standard InChI is InChI=1S/C21H26N4O3/c22-18(27)20(9-3-4-10-20)24-17(26)15-12-13-6-5-11-25(13)21(15)14-7-1-2-8-16(14)23-19(21)28/h1-2,7-8,13,15H,3-6,9-12H2,(H2,22,27)(H,23,28)(H,24,26)/t13-,15-,21+/m1/s1. The van der Waals surface area contributed by atoms with Gasteiger partial charge in [-0.1, -0.05) is 31.0 Å². The molecule has 1 aromatic carbocycles. The fraction of sp³-hybridized carbons (Fsp3) is 0.571. The van der Waals surface area contributed by atoms with Gasteiger partial charge >= 0.3 is 0 Å². The molecule has 0 bridgehead atoms. The molecule has 1 aromatic rings. The molecule has 2 saturated heterocycles. The van der Waals surface area contributed by atoms with Crippen LogP contribution in [0.1, 0.15) is 50.5 Å². The van der Waals surface area contributed by atoms with Gasteiger partial charge in [0.25, 0.3) is 0 Å². The van der Waals surface area contributed by atoms with Gasteiger partial charge in [-0.2, -0.15) is 0 Å². The van der Waals surface area contributed by atoms with Gasteiger partial charge in [-0.25, -0.2) is 0 Å². The number of carbonyl (C=O) groups excluding carboxylic acids is 3. The van der Waals surface area contributed by atoms with E-state index in [0.717, 1.165) is 43.5 Å². The lowest BCUT2D eigenvalue weighted by atomic mass is 9.77. The number of anilines is 1. The van der Waals surface area contributed by atoms with E-state index in [-0.39, 0.29) is 17.9 Å². The molecule has 4 aliphatic rings. The first-order valence-corrected chi connectivity index (χ1v) is 10.3. The van der Waals surface area contributed by atoms with Crippen LogP contribution in [-0.4, -0.2) is 40.7 Å². The van der Waals surface area contributed by atoms with Gasteiger partial charge < -0.3 is 16.4 Å². The minimum absolute atomic E-state index is 0.127. The third-order valence-corrected chi connectivity index (χ3v) is 7.38. The number of nitrogens with two attached hydrogens (primary N) is 1. The molecule has 0 radical (unpaired) electrons. The van der Waals surface area contributed by atoms with Crippen LogP contribution in [-0.2, 0) is 19.9 Å². The summed E-state index contributed by atoms with van der Waals surface area (Å²) in [4.78, 5) is 41.3. The summed E-state index contributed by atoms with van der Waals surface area (Å²) in [5, 5.41) is 6.01. The van der Waals surface area contributed by atoms with Gasteiger partial charge in [-0.15, -0.1) is 0 Å². The molecule has 1 spiro atoms. The van der Waals surface area contributed by atoms with Crippen LogP contribution in [0.2, 0.25) is 0 Å². The van der Waals surface area contributed by atoms with Gasteiger partial charge in [0.2, 0.25) is 17.7 Å². The SMILES string of the molecule is NC(=O)C1(NC(=O)[C@H]2C[C@H]3CCCN3[C@]23C(=O)Nc2ccccc23)CCCC1. The van der Waals surface area contributed by atoms with E-state index in [9.17, 15) is 14.4 Å². The summed E-state index contributed by atoms with van der Waals surface area (Å²) in [5.74, 6) is -1.35. The second kappa shape index (κ2) is 6.04. The molecule has 7 nitrogen and oxygen atoms in total. The molecule has 3 aliphatic heterocycles. The summed E-state index contributed by atoms with van der Waals surface area (Å²) in [6.07, 6.45) is 5.54. The zero-order valence-electron chi connectivity index (χ0n) is 15.9. The zero-order chi connectivity index (χ0) is 19.5. The topological polar surface area (TPSA) is 105 Å². The first-order valence-electron chi connectivity index (χ1n) is 10.3. The van der Waals surface area contributed by atoms with E-state index >= 15 is 0 Å². The van der Waals surface area contributed by atoms with Crippen molar-refractivity contribution in [3.63, 3.8) is 0 Å². The molecule has 5 rings (SSSR count). The largest absolute Gasteiger partial charge is 0.368 e. The molecular weight excluding hydrogens is 356 g/mol. The van der Waals surface area contributed by atoms with E-state index < -0.39 is 22.9 Å². The molecule has 28 heavy (non-hydrogen) atoms. The molecule has 3 heterocycles. The number of benzene rings is 1. The van der Waals surface area contributed by atoms with Crippen LogP contribution in [0.15, 0.2) is 24.3 Å². The Hall–Kier alpha value is -2.41. The normalized spacial score (nSPS) is 32.9. The minimum atomic E-state index is -0.987. The number of fused-ring (bicyclic) bond motifs is 4. The maximum absolute atomic E-state index is 13.5. The van der Waals surface area contributed by atoms with E-state index in [1.807, 2.05) is 24.3 Å². The van der Waals surface area contributed by atoms with Crippen LogP contribution in [0.4, 0.5) is 5.69 Å². The van der Waals surface area contributed by atoms with Gasteiger partial charge in [-0.05, 0) is 44.7 Å². The summed E-state index contributed by atoms with van der Waals surface area (Å²) >= 11 is 0. The average Bonchev–Trinajstić information content (AvgIpc) is 3.41. The Balaban J connectivity index is 1.56. The van der Waals surface area contributed by atoms with Crippen molar-refractivity contribution in [3.8, 4) is 0 Å². The van der Waals surface area contributed by atoms with Crippen molar-refractivity contribution >= 4 is 23.4 Å². The molecule has 3 fully saturated rings. The van der Waals surface area contributed by atoms with Crippen molar-refractivity contribution in [2.75, 3.05) is 11.9 Å². The van der Waals surface area contributed by atoms with Gasteiger partial charge in [0.1, 0.15) is 11.1 Å². The van der Waals surface area contributed by atoms with E-state index in [2.05, 4.69) is 15.5 Å². The molecule has 3 amide bonds. The van der Waals surface area contributed by atoms with E-state index in [1.54, 1.807) is 0 Å². The predicted molar refractivity (Wildman–Crippen MR) is 103 cm³/mol. The molecule has 148 valence electrons. The Labute approximate surface area is 164 Å². The third kappa shape index (κ3) is 2.16. The Bertz CT molecular complexity index is 863. The highest BCUT2D eigenvalue weighted by Crippen LogP contribution is 2.55. The number of nitrogens with one attached hydrogen (secondary N) is 2. The number of amides is 3. The highest BCUT2D eigenvalue weighted by molar-refractivity contribution is 6.09. The monoisotopic (exact) mass is 382 g/mol. The summed E-state index contributed by atoms with van der Waals surface area (Å²) in [6, 6.07) is 7.86. The van der Waals surface area contributed by atoms with E-state index in [1.165, 1.54) is 0 Å². The molecular formula is C21H26N4O3. The second-order valence-corrected chi connectivity index (χ2v) is 8.69. The number of hydrogen-bond acceptors (Lipinski definition) is 4. The maximum atomic E-state index is 13.5. The number of primary amides is 1. The summed E-state index contributed by atoms with van der Waals surface area (Å²) in [6.45, 7) is 0.803. The molecule has 0 unspecified atom stereocenters. The van der Waals surface area contributed by atoms with Crippen molar-refractivity contribution in [2.24, 2.45) is 11.7 Å². The van der Waals surface area contributed by atoms with Crippen LogP contribution in [0.25, 0.3) is 0 Å². The Morgan fingerprint density at radius 2 is 1.93 bits per heavy atom. The van der Waals surface area contributed by atoms with Crippen molar-refractivity contribution in [3.05, 3.63) is 29.8 Å². The predicted octanol–water partition coefficient (Wildman–Crippen LogP) is 1.23. The number of para-hydroxylation sites is 1. The van der Waals surface area contributed by atoms with Crippen molar-refractivity contribution in [2.45, 2.75) is 62.1 Å². The Morgan fingerprint density at radius 3 is 2.68 bits per heavy atom. The van der Waals surface area contributed by atoms with E-state index in [0.29, 0.717) is 19.3 Å². The van der Waals surface area contributed by atoms with Crippen molar-refractivity contribution < 1.29 is 14.4 Å². The zero-order valence-corrected chi connectivity index (χ0v) is 15.9. The van der Waals surface area contributed by atoms with Crippen LogP contribution < -0.4 is 16.4 Å². The molecule has 0 aromatic heterocycles. The minimum Gasteiger partial charge on any atom is -0.368 e. The van der Waals surface area contributed by atoms with Gasteiger partial charge in [0.15, 0.2) is 0 Å². The van der Waals surface area contributed by atoms with Crippen molar-refractivity contribution in [1.82, 2.24) is 10.2 Å². The first kappa shape index (κ1) is 17.7. The fourth-order valence-electron chi connectivity index (χ4n) is 6.11. The van der Waals surface area contributed by atoms with Gasteiger partial charge in [0, 0.05) is 17.3 Å². The van der Waals surface area contributed by atoms with Gasteiger partial charge in [-0.3, -0.25) is 19.3 Å². The smallest absolute Gasteiger partial charge is 0.250 e. The molecule has 7 heteroatoms. The lowest BCUT2D eigenvalue weighted by Gasteiger charge is -2.38. The first-order chi connectivity index (χ1) is 13.5. The third-order valence-electron chi connectivity index (χ3n) is 7.38. The van der Waals surface area contributed by atoms with E-state index in [4.69, 9.17) is 5.73 Å². The second-order valence-electron chi connectivity index (χ2n) is 8.69. The van der Waals surface area contributed by atoms with Crippen LogP contribution in [0.3, 0.4) is 0 Å². The van der Waals surface area contributed by atoms with Crippen LogP contribution >= 0.6 is 0 Å². The van der Waals surface area contributed by atoms with Crippen molar-refractivity contribution in [1.29, 1.82) is 0 Å². The summed E-state index contributed by atoms with van der Waals surface area (Å²) < 4.78 is 0. The molecule has 1 saturated carbocycles. The lowest BCUT2D eigenvalue weighted by Crippen LogP contribution is -2.60.